The molecule has 1 aliphatic rings. The second kappa shape index (κ2) is 6.03. The number of hydrogen-bond acceptors (Lipinski definition) is 4. The van der Waals surface area contributed by atoms with Crippen LogP contribution in [0.15, 0.2) is 24.8 Å². The average Bonchev–Trinajstić information content (AvgIpc) is 2.84. The Labute approximate surface area is 119 Å². The van der Waals surface area contributed by atoms with Gasteiger partial charge in [-0.05, 0) is 33.6 Å². The standard InChI is InChI=1S/C15H21N3O2/c1-15(2,3)20-14(19)18-8-4-5-13(18)7-6-12-9-16-11-17-10-12/h6-7,9-11,13H,4-5,8H2,1-3H3/t13-/m1/s1. The lowest BCUT2D eigenvalue weighted by Crippen LogP contribution is -2.39. The van der Waals surface area contributed by atoms with Crippen LogP contribution in [-0.2, 0) is 4.74 Å². The van der Waals surface area contributed by atoms with E-state index in [2.05, 4.69) is 9.97 Å². The summed E-state index contributed by atoms with van der Waals surface area (Å²) in [5.41, 5.74) is 0.477. The van der Waals surface area contributed by atoms with E-state index < -0.39 is 5.60 Å². The minimum atomic E-state index is -0.457. The molecule has 0 unspecified atom stereocenters. The molecule has 1 aliphatic heterocycles. The van der Waals surface area contributed by atoms with E-state index in [0.29, 0.717) is 0 Å². The Morgan fingerprint density at radius 3 is 2.75 bits per heavy atom. The van der Waals surface area contributed by atoms with Crippen molar-refractivity contribution in [2.45, 2.75) is 45.3 Å². The Kier molecular flexibility index (Phi) is 4.37. The first-order chi connectivity index (χ1) is 9.46. The first-order valence-corrected chi connectivity index (χ1v) is 6.88. The monoisotopic (exact) mass is 275 g/mol. The summed E-state index contributed by atoms with van der Waals surface area (Å²) in [6.45, 7) is 6.39. The minimum absolute atomic E-state index is 0.0880. The molecule has 0 aliphatic carbocycles. The molecule has 0 bridgehead atoms. The van der Waals surface area contributed by atoms with Crippen molar-refractivity contribution < 1.29 is 9.53 Å². The fourth-order valence-corrected chi connectivity index (χ4v) is 2.16. The zero-order chi connectivity index (χ0) is 14.6. The molecular formula is C15H21N3O2. The molecule has 2 rings (SSSR count). The van der Waals surface area contributed by atoms with Crippen LogP contribution in [0.2, 0.25) is 0 Å². The van der Waals surface area contributed by atoms with Gasteiger partial charge in [0.2, 0.25) is 0 Å². The van der Waals surface area contributed by atoms with Crippen molar-refractivity contribution in [1.82, 2.24) is 14.9 Å². The Morgan fingerprint density at radius 2 is 2.10 bits per heavy atom. The number of amides is 1. The van der Waals surface area contributed by atoms with Crippen molar-refractivity contribution >= 4 is 12.2 Å². The van der Waals surface area contributed by atoms with Gasteiger partial charge in [0.25, 0.3) is 0 Å². The van der Waals surface area contributed by atoms with E-state index in [-0.39, 0.29) is 12.1 Å². The number of carbonyl (C=O) groups is 1. The van der Waals surface area contributed by atoms with Gasteiger partial charge in [-0.1, -0.05) is 12.2 Å². The quantitative estimate of drug-likeness (QED) is 0.832. The van der Waals surface area contributed by atoms with Crippen LogP contribution in [0.3, 0.4) is 0 Å². The Morgan fingerprint density at radius 1 is 1.40 bits per heavy atom. The maximum atomic E-state index is 12.1. The van der Waals surface area contributed by atoms with E-state index in [0.717, 1.165) is 24.9 Å². The number of carbonyl (C=O) groups excluding carboxylic acids is 1. The Hall–Kier alpha value is -1.91. The summed E-state index contributed by atoms with van der Waals surface area (Å²) in [6, 6.07) is 0.0880. The van der Waals surface area contributed by atoms with Gasteiger partial charge >= 0.3 is 6.09 Å². The zero-order valence-electron chi connectivity index (χ0n) is 12.2. The summed E-state index contributed by atoms with van der Waals surface area (Å²) in [6.07, 6.45) is 10.7. The van der Waals surface area contributed by atoms with Crippen LogP contribution in [0.25, 0.3) is 6.08 Å². The molecule has 1 saturated heterocycles. The van der Waals surface area contributed by atoms with Gasteiger partial charge in [-0.2, -0.15) is 0 Å². The third-order valence-corrected chi connectivity index (χ3v) is 3.02. The van der Waals surface area contributed by atoms with Crippen LogP contribution in [0.5, 0.6) is 0 Å². The molecule has 1 aromatic heterocycles. The van der Waals surface area contributed by atoms with E-state index in [1.807, 2.05) is 32.9 Å². The van der Waals surface area contributed by atoms with Crippen molar-refractivity contribution in [3.05, 3.63) is 30.4 Å². The molecule has 20 heavy (non-hydrogen) atoms. The van der Waals surface area contributed by atoms with Gasteiger partial charge in [-0.25, -0.2) is 14.8 Å². The molecule has 1 aromatic rings. The van der Waals surface area contributed by atoms with Crippen LogP contribution in [0.4, 0.5) is 4.79 Å². The first kappa shape index (κ1) is 14.5. The molecule has 0 saturated carbocycles. The van der Waals surface area contributed by atoms with Crippen molar-refractivity contribution in [3.8, 4) is 0 Å². The van der Waals surface area contributed by atoms with Crippen molar-refractivity contribution in [2.24, 2.45) is 0 Å². The van der Waals surface area contributed by atoms with Gasteiger partial charge in [0.05, 0.1) is 6.04 Å². The van der Waals surface area contributed by atoms with E-state index in [9.17, 15) is 4.79 Å². The lowest BCUT2D eigenvalue weighted by molar-refractivity contribution is 0.0256. The summed E-state index contributed by atoms with van der Waals surface area (Å²) >= 11 is 0. The molecular weight excluding hydrogens is 254 g/mol. The number of nitrogens with zero attached hydrogens (tertiary/aromatic N) is 3. The molecule has 0 spiro atoms. The number of aromatic nitrogens is 2. The van der Waals surface area contributed by atoms with Crippen LogP contribution < -0.4 is 0 Å². The van der Waals surface area contributed by atoms with Gasteiger partial charge in [0.1, 0.15) is 11.9 Å². The smallest absolute Gasteiger partial charge is 0.410 e. The summed E-state index contributed by atoms with van der Waals surface area (Å²) < 4.78 is 5.43. The van der Waals surface area contributed by atoms with Gasteiger partial charge in [-0.3, -0.25) is 0 Å². The highest BCUT2D eigenvalue weighted by Gasteiger charge is 2.30. The highest BCUT2D eigenvalue weighted by molar-refractivity contribution is 5.69. The molecule has 5 nitrogen and oxygen atoms in total. The third-order valence-electron chi connectivity index (χ3n) is 3.02. The molecule has 108 valence electrons. The topological polar surface area (TPSA) is 55.3 Å². The maximum Gasteiger partial charge on any atom is 0.410 e. The van der Waals surface area contributed by atoms with Gasteiger partial charge in [0, 0.05) is 24.5 Å². The van der Waals surface area contributed by atoms with Crippen molar-refractivity contribution in [3.63, 3.8) is 0 Å². The van der Waals surface area contributed by atoms with E-state index in [1.165, 1.54) is 6.33 Å². The summed E-state index contributed by atoms with van der Waals surface area (Å²) in [7, 11) is 0. The van der Waals surface area contributed by atoms with Crippen LogP contribution >= 0.6 is 0 Å². The van der Waals surface area contributed by atoms with Crippen LogP contribution in [0, 0.1) is 0 Å². The molecule has 1 atom stereocenters. The highest BCUT2D eigenvalue weighted by Crippen LogP contribution is 2.22. The summed E-state index contributed by atoms with van der Waals surface area (Å²) in [5, 5.41) is 0. The number of ether oxygens (including phenoxy) is 1. The highest BCUT2D eigenvalue weighted by atomic mass is 16.6. The molecule has 0 aromatic carbocycles. The van der Waals surface area contributed by atoms with Gasteiger partial charge < -0.3 is 9.64 Å². The molecule has 2 heterocycles. The predicted molar refractivity (Wildman–Crippen MR) is 77.0 cm³/mol. The molecule has 1 amide bonds. The molecule has 1 fully saturated rings. The van der Waals surface area contributed by atoms with E-state index in [4.69, 9.17) is 4.74 Å². The van der Waals surface area contributed by atoms with E-state index >= 15 is 0 Å². The Bertz CT molecular complexity index is 480. The third kappa shape index (κ3) is 4.05. The number of hydrogen-bond donors (Lipinski definition) is 0. The summed E-state index contributed by atoms with van der Waals surface area (Å²) in [5.74, 6) is 0. The second-order valence-electron chi connectivity index (χ2n) is 5.91. The normalized spacial score (nSPS) is 19.6. The lowest BCUT2D eigenvalue weighted by atomic mass is 10.2. The van der Waals surface area contributed by atoms with Crippen LogP contribution in [-0.4, -0.2) is 39.1 Å². The molecule has 0 N–H and O–H groups in total. The number of rotatable bonds is 2. The maximum absolute atomic E-state index is 12.1. The average molecular weight is 275 g/mol. The van der Waals surface area contributed by atoms with E-state index in [1.54, 1.807) is 17.3 Å². The van der Waals surface area contributed by atoms with Crippen LogP contribution in [0.1, 0.15) is 39.2 Å². The molecule has 0 radical (unpaired) electrons. The van der Waals surface area contributed by atoms with Gasteiger partial charge in [-0.15, -0.1) is 0 Å². The first-order valence-electron chi connectivity index (χ1n) is 6.88. The Balaban J connectivity index is 2.01. The minimum Gasteiger partial charge on any atom is -0.444 e. The van der Waals surface area contributed by atoms with Crippen molar-refractivity contribution in [1.29, 1.82) is 0 Å². The zero-order valence-corrected chi connectivity index (χ0v) is 12.2. The van der Waals surface area contributed by atoms with Gasteiger partial charge in [0.15, 0.2) is 0 Å². The fourth-order valence-electron chi connectivity index (χ4n) is 2.16. The lowest BCUT2D eigenvalue weighted by Gasteiger charge is -2.27. The second-order valence-corrected chi connectivity index (χ2v) is 5.91. The van der Waals surface area contributed by atoms with Crippen molar-refractivity contribution in [2.75, 3.05) is 6.54 Å². The largest absolute Gasteiger partial charge is 0.444 e. The predicted octanol–water partition coefficient (Wildman–Crippen LogP) is 2.89. The molecule has 5 heteroatoms. The summed E-state index contributed by atoms with van der Waals surface area (Å²) in [4.78, 5) is 21.8. The SMILES string of the molecule is CC(C)(C)OC(=O)N1CCC[C@@H]1C=Cc1cncnc1. The number of likely N-dealkylation sites (tertiary alicyclic amines) is 1. The fraction of sp³-hybridized carbons (Fsp3) is 0.533.